The summed E-state index contributed by atoms with van der Waals surface area (Å²) in [6.07, 6.45) is -5.27. The van der Waals surface area contributed by atoms with E-state index in [1.54, 1.807) is 42.3 Å². The number of hydrogen-bond donors (Lipinski definition) is 1. The minimum absolute atomic E-state index is 0.273. The highest BCUT2D eigenvalue weighted by Crippen LogP contribution is 2.31. The average Bonchev–Trinajstić information content (AvgIpc) is 2.51. The van der Waals surface area contributed by atoms with Crippen molar-refractivity contribution in [3.05, 3.63) is 48.0 Å². The van der Waals surface area contributed by atoms with E-state index in [4.69, 9.17) is 0 Å². The van der Waals surface area contributed by atoms with E-state index in [9.17, 15) is 23.1 Å². The van der Waals surface area contributed by atoms with Gasteiger partial charge in [0.2, 0.25) is 0 Å². The van der Waals surface area contributed by atoms with E-state index < -0.39 is 17.7 Å². The summed E-state index contributed by atoms with van der Waals surface area (Å²) in [5.41, 5.74) is -3.59. The molecule has 0 bridgehead atoms. The summed E-state index contributed by atoms with van der Waals surface area (Å²) in [5, 5.41) is 11.1. The first-order valence-electron chi connectivity index (χ1n) is 6.77. The molecule has 0 aromatic heterocycles. The summed E-state index contributed by atoms with van der Waals surface area (Å²) in [6, 6.07) is 11.9. The Morgan fingerprint density at radius 2 is 1.83 bits per heavy atom. The van der Waals surface area contributed by atoms with Crippen molar-refractivity contribution in [2.45, 2.75) is 18.7 Å². The molecule has 0 aliphatic rings. The number of carbonyl (C=O) groups excluding carboxylic acids is 1. The van der Waals surface area contributed by atoms with E-state index in [2.05, 4.69) is 10.7 Å². The average molecular weight is 322 g/mol. The number of ether oxygens (including phenoxy) is 1. The molecule has 0 aliphatic heterocycles. The SMILES string of the molecule is CCOC(=O)C(O)(C#Cc1cccc2ccccc12)C(F)(F)F. The first-order valence-corrected chi connectivity index (χ1v) is 6.77. The maximum Gasteiger partial charge on any atom is 0.440 e. The zero-order chi connectivity index (χ0) is 17.1. The largest absolute Gasteiger partial charge is 0.463 e. The minimum atomic E-state index is -5.27. The van der Waals surface area contributed by atoms with Gasteiger partial charge in [0.05, 0.1) is 6.61 Å². The minimum Gasteiger partial charge on any atom is -0.463 e. The van der Waals surface area contributed by atoms with Crippen molar-refractivity contribution in [2.75, 3.05) is 6.61 Å². The lowest BCUT2D eigenvalue weighted by molar-refractivity contribution is -0.242. The summed E-state index contributed by atoms with van der Waals surface area (Å²) < 4.78 is 43.4. The van der Waals surface area contributed by atoms with Gasteiger partial charge in [-0.2, -0.15) is 13.2 Å². The molecule has 2 rings (SSSR count). The molecular weight excluding hydrogens is 309 g/mol. The number of carbonyl (C=O) groups is 1. The highest BCUT2D eigenvalue weighted by atomic mass is 19.4. The van der Waals surface area contributed by atoms with Crippen LogP contribution in [0.2, 0.25) is 0 Å². The fraction of sp³-hybridized carbons (Fsp3) is 0.235. The van der Waals surface area contributed by atoms with Crippen LogP contribution in [-0.4, -0.2) is 29.5 Å². The normalized spacial score (nSPS) is 13.8. The number of esters is 1. The van der Waals surface area contributed by atoms with E-state index in [-0.39, 0.29) is 12.2 Å². The molecule has 3 nitrogen and oxygen atoms in total. The molecule has 2 aromatic rings. The Morgan fingerprint density at radius 1 is 1.17 bits per heavy atom. The van der Waals surface area contributed by atoms with Crippen molar-refractivity contribution in [3.8, 4) is 11.8 Å². The predicted molar refractivity (Wildman–Crippen MR) is 78.5 cm³/mol. The molecule has 0 radical (unpaired) electrons. The van der Waals surface area contributed by atoms with Gasteiger partial charge in [-0.15, -0.1) is 0 Å². The lowest BCUT2D eigenvalue weighted by Crippen LogP contribution is -2.52. The highest BCUT2D eigenvalue weighted by molar-refractivity contribution is 5.89. The van der Waals surface area contributed by atoms with Crippen molar-refractivity contribution in [2.24, 2.45) is 0 Å². The van der Waals surface area contributed by atoms with E-state index >= 15 is 0 Å². The summed E-state index contributed by atoms with van der Waals surface area (Å²) >= 11 is 0. The van der Waals surface area contributed by atoms with Crippen molar-refractivity contribution in [3.63, 3.8) is 0 Å². The number of alkyl halides is 3. The van der Waals surface area contributed by atoms with Crippen LogP contribution in [0.25, 0.3) is 10.8 Å². The Labute approximate surface area is 130 Å². The summed E-state index contributed by atoms with van der Waals surface area (Å²) in [5.74, 6) is 2.06. The molecule has 0 amide bonds. The molecule has 0 aliphatic carbocycles. The van der Waals surface area contributed by atoms with Gasteiger partial charge < -0.3 is 9.84 Å². The molecule has 0 saturated carbocycles. The molecule has 1 N–H and O–H groups in total. The van der Waals surface area contributed by atoms with Gasteiger partial charge in [0.1, 0.15) is 0 Å². The highest BCUT2D eigenvalue weighted by Gasteiger charge is 2.60. The third kappa shape index (κ3) is 3.30. The van der Waals surface area contributed by atoms with Gasteiger partial charge in [-0.05, 0) is 29.7 Å². The van der Waals surface area contributed by atoms with Crippen LogP contribution in [0.5, 0.6) is 0 Å². The topological polar surface area (TPSA) is 46.5 Å². The number of halogens is 3. The monoisotopic (exact) mass is 322 g/mol. The fourth-order valence-electron chi connectivity index (χ4n) is 1.97. The second-order valence-corrected chi connectivity index (χ2v) is 4.71. The summed E-state index contributed by atoms with van der Waals surface area (Å²) in [4.78, 5) is 11.5. The van der Waals surface area contributed by atoms with Gasteiger partial charge in [0, 0.05) is 5.56 Å². The van der Waals surface area contributed by atoms with Gasteiger partial charge in [-0.25, -0.2) is 4.79 Å². The van der Waals surface area contributed by atoms with Gasteiger partial charge in [-0.3, -0.25) is 0 Å². The van der Waals surface area contributed by atoms with Crippen molar-refractivity contribution in [1.82, 2.24) is 0 Å². The Kier molecular flexibility index (Phi) is 4.62. The molecule has 6 heteroatoms. The van der Waals surface area contributed by atoms with E-state index in [1.807, 2.05) is 0 Å². The van der Waals surface area contributed by atoms with Crippen LogP contribution in [0.4, 0.5) is 13.2 Å². The van der Waals surface area contributed by atoms with Crippen LogP contribution in [0, 0.1) is 11.8 Å². The predicted octanol–water partition coefficient (Wildman–Crippen LogP) is 3.05. The molecule has 1 atom stereocenters. The Morgan fingerprint density at radius 3 is 2.48 bits per heavy atom. The van der Waals surface area contributed by atoms with Gasteiger partial charge in [0.15, 0.2) is 0 Å². The van der Waals surface area contributed by atoms with Crippen molar-refractivity contribution < 1.29 is 27.8 Å². The maximum atomic E-state index is 13.0. The number of fused-ring (bicyclic) bond motifs is 1. The first-order chi connectivity index (χ1) is 10.8. The summed E-state index contributed by atoms with van der Waals surface area (Å²) in [6.45, 7) is 1.04. The second-order valence-electron chi connectivity index (χ2n) is 4.71. The smallest absolute Gasteiger partial charge is 0.440 e. The Hall–Kier alpha value is -2.52. The van der Waals surface area contributed by atoms with Crippen LogP contribution in [0.15, 0.2) is 42.5 Å². The van der Waals surface area contributed by atoms with Crippen LogP contribution in [0.3, 0.4) is 0 Å². The van der Waals surface area contributed by atoms with E-state index in [0.717, 1.165) is 5.39 Å². The zero-order valence-corrected chi connectivity index (χ0v) is 12.1. The number of rotatable bonds is 2. The van der Waals surface area contributed by atoms with Crippen LogP contribution < -0.4 is 0 Å². The van der Waals surface area contributed by atoms with Crippen LogP contribution in [-0.2, 0) is 9.53 Å². The second kappa shape index (κ2) is 6.31. The summed E-state index contributed by atoms with van der Waals surface area (Å²) in [7, 11) is 0. The first kappa shape index (κ1) is 16.8. The third-order valence-corrected chi connectivity index (χ3v) is 3.15. The van der Waals surface area contributed by atoms with Crippen molar-refractivity contribution >= 4 is 16.7 Å². The molecule has 0 saturated heterocycles. The molecule has 1 unspecified atom stereocenters. The molecular formula is C17H13F3O3. The quantitative estimate of drug-likeness (QED) is 0.683. The van der Waals surface area contributed by atoms with Crippen LogP contribution in [0.1, 0.15) is 12.5 Å². The van der Waals surface area contributed by atoms with Gasteiger partial charge in [-0.1, -0.05) is 42.3 Å². The van der Waals surface area contributed by atoms with E-state index in [1.165, 1.54) is 13.0 Å². The third-order valence-electron chi connectivity index (χ3n) is 3.15. The molecule has 0 spiro atoms. The number of hydrogen-bond acceptors (Lipinski definition) is 3. The molecule has 0 fully saturated rings. The van der Waals surface area contributed by atoms with Gasteiger partial charge >= 0.3 is 17.7 Å². The zero-order valence-electron chi connectivity index (χ0n) is 12.1. The number of benzene rings is 2. The lowest BCUT2D eigenvalue weighted by atomic mass is 10.0. The molecule has 120 valence electrons. The fourth-order valence-corrected chi connectivity index (χ4v) is 1.97. The van der Waals surface area contributed by atoms with Gasteiger partial charge in [0.25, 0.3) is 0 Å². The Balaban J connectivity index is 2.53. The van der Waals surface area contributed by atoms with Crippen LogP contribution >= 0.6 is 0 Å². The maximum absolute atomic E-state index is 13.0. The molecule has 2 aromatic carbocycles. The standard InChI is InChI=1S/C17H13F3O3/c1-2-23-15(21)16(22,17(18,19)20)11-10-13-8-5-7-12-6-3-4-9-14(12)13/h3-9,22H,2H2,1H3. The van der Waals surface area contributed by atoms with E-state index in [0.29, 0.717) is 5.39 Å². The Bertz CT molecular complexity index is 782. The lowest BCUT2D eigenvalue weighted by Gasteiger charge is -2.22. The number of aliphatic hydroxyl groups is 1. The molecule has 0 heterocycles. The van der Waals surface area contributed by atoms with Crippen molar-refractivity contribution in [1.29, 1.82) is 0 Å². The molecule has 23 heavy (non-hydrogen) atoms.